The van der Waals surface area contributed by atoms with Gasteiger partial charge in [-0.3, -0.25) is 10.4 Å². The number of methoxy groups -OCH3 is 1. The zero-order valence-electron chi connectivity index (χ0n) is 10.1. The SMILES string of the molecule is COCCCN=C(NN)N1CCOCC1C. The van der Waals surface area contributed by atoms with Crippen molar-refractivity contribution in [3.63, 3.8) is 0 Å². The number of hydrogen-bond donors (Lipinski definition) is 2. The highest BCUT2D eigenvalue weighted by atomic mass is 16.5. The van der Waals surface area contributed by atoms with Gasteiger partial charge in [-0.1, -0.05) is 0 Å². The molecule has 1 aliphatic heterocycles. The number of nitrogens with zero attached hydrogens (tertiary/aromatic N) is 2. The van der Waals surface area contributed by atoms with Gasteiger partial charge in [0.2, 0.25) is 5.96 Å². The molecular weight excluding hydrogens is 208 g/mol. The number of aliphatic imine (C=N–C) groups is 1. The molecule has 0 spiro atoms. The van der Waals surface area contributed by atoms with E-state index in [2.05, 4.69) is 22.2 Å². The third-order valence-corrected chi connectivity index (χ3v) is 2.54. The van der Waals surface area contributed by atoms with E-state index in [-0.39, 0.29) is 0 Å². The van der Waals surface area contributed by atoms with Crippen LogP contribution in [0.2, 0.25) is 0 Å². The van der Waals surface area contributed by atoms with Crippen molar-refractivity contribution in [1.29, 1.82) is 0 Å². The second kappa shape index (κ2) is 7.43. The van der Waals surface area contributed by atoms with Gasteiger partial charge in [0.05, 0.1) is 19.3 Å². The standard InChI is InChI=1S/C10H22N4O2/c1-9-8-16-7-5-14(9)10(13-11)12-4-3-6-15-2/h9H,3-8,11H2,1-2H3,(H,12,13). The molecule has 3 N–H and O–H groups in total. The normalized spacial score (nSPS) is 22.3. The maximum Gasteiger partial charge on any atom is 0.208 e. The van der Waals surface area contributed by atoms with E-state index in [1.165, 1.54) is 0 Å². The number of hydrogen-bond acceptors (Lipinski definition) is 4. The summed E-state index contributed by atoms with van der Waals surface area (Å²) in [4.78, 5) is 6.56. The first-order valence-corrected chi connectivity index (χ1v) is 5.64. The average molecular weight is 230 g/mol. The Morgan fingerprint density at radius 1 is 1.69 bits per heavy atom. The molecule has 0 amide bonds. The summed E-state index contributed by atoms with van der Waals surface area (Å²) in [6, 6.07) is 0.311. The van der Waals surface area contributed by atoms with E-state index in [1.54, 1.807) is 7.11 Å². The van der Waals surface area contributed by atoms with Gasteiger partial charge in [0, 0.05) is 26.8 Å². The maximum atomic E-state index is 5.49. The predicted molar refractivity (Wildman–Crippen MR) is 63.1 cm³/mol. The van der Waals surface area contributed by atoms with Crippen molar-refractivity contribution in [3.8, 4) is 0 Å². The van der Waals surface area contributed by atoms with Crippen LogP contribution < -0.4 is 11.3 Å². The molecule has 0 aliphatic carbocycles. The van der Waals surface area contributed by atoms with Gasteiger partial charge in [0.15, 0.2) is 0 Å². The van der Waals surface area contributed by atoms with E-state index in [0.717, 1.165) is 45.3 Å². The lowest BCUT2D eigenvalue weighted by Gasteiger charge is -2.35. The van der Waals surface area contributed by atoms with E-state index in [4.69, 9.17) is 15.3 Å². The van der Waals surface area contributed by atoms with E-state index in [1.807, 2.05) is 0 Å². The molecule has 0 radical (unpaired) electrons. The minimum absolute atomic E-state index is 0.311. The Balaban J connectivity index is 2.44. The summed E-state index contributed by atoms with van der Waals surface area (Å²) < 4.78 is 10.3. The van der Waals surface area contributed by atoms with Crippen LogP contribution in [0.25, 0.3) is 0 Å². The van der Waals surface area contributed by atoms with Crippen LogP contribution in [0.3, 0.4) is 0 Å². The Labute approximate surface area is 96.8 Å². The van der Waals surface area contributed by atoms with Gasteiger partial charge in [-0.2, -0.15) is 0 Å². The van der Waals surface area contributed by atoms with Gasteiger partial charge < -0.3 is 14.4 Å². The average Bonchev–Trinajstić information content (AvgIpc) is 2.31. The molecule has 1 fully saturated rings. The highest BCUT2D eigenvalue weighted by Crippen LogP contribution is 2.06. The second-order valence-electron chi connectivity index (χ2n) is 3.81. The molecule has 0 saturated carbocycles. The largest absolute Gasteiger partial charge is 0.385 e. The first-order valence-electron chi connectivity index (χ1n) is 5.64. The molecule has 1 unspecified atom stereocenters. The molecule has 0 aromatic carbocycles. The van der Waals surface area contributed by atoms with Crippen molar-refractivity contribution in [2.45, 2.75) is 19.4 Å². The monoisotopic (exact) mass is 230 g/mol. The highest BCUT2D eigenvalue weighted by Gasteiger charge is 2.21. The van der Waals surface area contributed by atoms with Crippen LogP contribution in [-0.2, 0) is 9.47 Å². The Bertz CT molecular complexity index is 223. The number of nitrogens with one attached hydrogen (secondary N) is 1. The van der Waals surface area contributed by atoms with Gasteiger partial charge in [-0.15, -0.1) is 0 Å². The molecule has 1 rings (SSSR count). The molecule has 6 nitrogen and oxygen atoms in total. The number of ether oxygens (including phenoxy) is 2. The molecule has 1 saturated heterocycles. The van der Waals surface area contributed by atoms with Crippen LogP contribution in [0.15, 0.2) is 4.99 Å². The summed E-state index contributed by atoms with van der Waals surface area (Å²) >= 11 is 0. The summed E-state index contributed by atoms with van der Waals surface area (Å²) in [5.41, 5.74) is 2.66. The summed E-state index contributed by atoms with van der Waals surface area (Å²) in [6.07, 6.45) is 0.903. The van der Waals surface area contributed by atoms with Gasteiger partial charge in [0.25, 0.3) is 0 Å². The summed E-state index contributed by atoms with van der Waals surface area (Å²) in [5.74, 6) is 6.23. The van der Waals surface area contributed by atoms with E-state index in [0.29, 0.717) is 6.04 Å². The zero-order chi connectivity index (χ0) is 11.8. The Morgan fingerprint density at radius 2 is 2.50 bits per heavy atom. The lowest BCUT2D eigenvalue weighted by molar-refractivity contribution is 0.0314. The van der Waals surface area contributed by atoms with Crippen LogP contribution in [0.1, 0.15) is 13.3 Å². The lowest BCUT2D eigenvalue weighted by Crippen LogP contribution is -2.53. The number of hydrazine groups is 1. The third kappa shape index (κ3) is 3.96. The molecule has 1 heterocycles. The number of rotatable bonds is 4. The van der Waals surface area contributed by atoms with Crippen LogP contribution in [0.5, 0.6) is 0 Å². The minimum Gasteiger partial charge on any atom is -0.385 e. The summed E-state index contributed by atoms with van der Waals surface area (Å²) in [5, 5.41) is 0. The van der Waals surface area contributed by atoms with E-state index < -0.39 is 0 Å². The van der Waals surface area contributed by atoms with Gasteiger partial charge in [0.1, 0.15) is 0 Å². The van der Waals surface area contributed by atoms with Crippen LogP contribution in [0, 0.1) is 0 Å². The third-order valence-electron chi connectivity index (χ3n) is 2.54. The molecule has 1 aliphatic rings. The molecule has 16 heavy (non-hydrogen) atoms. The Kier molecular flexibility index (Phi) is 6.14. The number of guanidine groups is 1. The maximum absolute atomic E-state index is 5.49. The van der Waals surface area contributed by atoms with Crippen LogP contribution in [-0.4, -0.2) is 56.9 Å². The first kappa shape index (κ1) is 13.2. The zero-order valence-corrected chi connectivity index (χ0v) is 10.1. The van der Waals surface area contributed by atoms with Crippen molar-refractivity contribution < 1.29 is 9.47 Å². The highest BCUT2D eigenvalue weighted by molar-refractivity contribution is 5.79. The topological polar surface area (TPSA) is 72.1 Å². The quantitative estimate of drug-likeness (QED) is 0.225. The van der Waals surface area contributed by atoms with Gasteiger partial charge >= 0.3 is 0 Å². The fourth-order valence-corrected chi connectivity index (χ4v) is 1.66. The number of morpholine rings is 1. The minimum atomic E-state index is 0.311. The molecule has 0 bridgehead atoms. The lowest BCUT2D eigenvalue weighted by atomic mass is 10.3. The number of nitrogens with two attached hydrogens (primary N) is 1. The van der Waals surface area contributed by atoms with Crippen molar-refractivity contribution in [3.05, 3.63) is 0 Å². The fourth-order valence-electron chi connectivity index (χ4n) is 1.66. The molecule has 0 aromatic rings. The van der Waals surface area contributed by atoms with Crippen LogP contribution in [0.4, 0.5) is 0 Å². The molecule has 6 heteroatoms. The molecule has 1 atom stereocenters. The Hall–Kier alpha value is -0.850. The summed E-state index contributed by atoms with van der Waals surface area (Å²) in [6.45, 7) is 5.81. The van der Waals surface area contributed by atoms with Crippen molar-refractivity contribution in [2.24, 2.45) is 10.8 Å². The second-order valence-corrected chi connectivity index (χ2v) is 3.81. The molecular formula is C10H22N4O2. The van der Waals surface area contributed by atoms with E-state index >= 15 is 0 Å². The van der Waals surface area contributed by atoms with Crippen molar-refractivity contribution >= 4 is 5.96 Å². The summed E-state index contributed by atoms with van der Waals surface area (Å²) in [7, 11) is 1.69. The van der Waals surface area contributed by atoms with Crippen molar-refractivity contribution in [2.75, 3.05) is 40.0 Å². The van der Waals surface area contributed by atoms with Gasteiger partial charge in [-0.25, -0.2) is 5.84 Å². The predicted octanol–water partition coefficient (Wildman–Crippen LogP) is -0.437. The molecule has 94 valence electrons. The Morgan fingerprint density at radius 3 is 3.12 bits per heavy atom. The first-order chi connectivity index (χ1) is 7.79. The smallest absolute Gasteiger partial charge is 0.208 e. The van der Waals surface area contributed by atoms with E-state index in [9.17, 15) is 0 Å². The molecule has 0 aromatic heterocycles. The van der Waals surface area contributed by atoms with Crippen LogP contribution >= 0.6 is 0 Å². The fraction of sp³-hybridized carbons (Fsp3) is 0.900. The van der Waals surface area contributed by atoms with Gasteiger partial charge in [-0.05, 0) is 13.3 Å². The van der Waals surface area contributed by atoms with Crippen molar-refractivity contribution in [1.82, 2.24) is 10.3 Å².